The topological polar surface area (TPSA) is 89.0 Å². The van der Waals surface area contributed by atoms with Gasteiger partial charge in [-0.2, -0.15) is 0 Å². The van der Waals surface area contributed by atoms with Crippen molar-refractivity contribution in [2.75, 3.05) is 28.4 Å². The number of hydrogen-bond donors (Lipinski definition) is 2. The van der Waals surface area contributed by atoms with E-state index in [1.807, 2.05) is 31.2 Å². The van der Waals surface area contributed by atoms with Crippen LogP contribution in [0.3, 0.4) is 0 Å². The zero-order valence-corrected chi connectivity index (χ0v) is 15.3. The molecule has 1 unspecified atom stereocenters. The number of nitrogens with two attached hydrogens (primary N) is 2. The molecule has 0 bridgehead atoms. The molecule has 0 saturated heterocycles. The van der Waals surface area contributed by atoms with Gasteiger partial charge in [0.25, 0.3) is 0 Å². The molecule has 2 aromatic rings. The summed E-state index contributed by atoms with van der Waals surface area (Å²) in [6.45, 7) is 1.86. The van der Waals surface area contributed by atoms with E-state index in [9.17, 15) is 0 Å². The van der Waals surface area contributed by atoms with Crippen molar-refractivity contribution < 1.29 is 18.9 Å². The standard InChI is InChI=1S/C19H26N2O4/c1-12(20)19(21,13-6-15(22-2)10-16(7-13)23-3)14-8-17(24-4)11-18(9-14)25-5/h6-12H,20-21H2,1-5H3. The highest BCUT2D eigenvalue weighted by molar-refractivity contribution is 5.51. The van der Waals surface area contributed by atoms with Crippen molar-refractivity contribution in [1.29, 1.82) is 0 Å². The minimum atomic E-state index is -0.996. The van der Waals surface area contributed by atoms with Gasteiger partial charge in [0.05, 0.1) is 34.0 Å². The minimum absolute atomic E-state index is 0.402. The molecule has 0 fully saturated rings. The molecule has 0 aliphatic rings. The third-order valence-electron chi connectivity index (χ3n) is 4.38. The van der Waals surface area contributed by atoms with Crippen LogP contribution in [-0.4, -0.2) is 34.5 Å². The molecule has 0 radical (unpaired) electrons. The van der Waals surface area contributed by atoms with Crippen LogP contribution in [0.1, 0.15) is 18.1 Å². The van der Waals surface area contributed by atoms with Crippen molar-refractivity contribution in [3.05, 3.63) is 47.5 Å². The first-order chi connectivity index (χ1) is 11.9. The summed E-state index contributed by atoms with van der Waals surface area (Å²) in [6, 6.07) is 10.6. The number of hydrogen-bond acceptors (Lipinski definition) is 6. The molecule has 25 heavy (non-hydrogen) atoms. The Balaban J connectivity index is 2.71. The first-order valence-electron chi connectivity index (χ1n) is 7.90. The fourth-order valence-corrected chi connectivity index (χ4v) is 2.78. The Kier molecular flexibility index (Phi) is 5.77. The quantitative estimate of drug-likeness (QED) is 0.799. The molecule has 0 aliphatic carbocycles. The molecule has 0 aliphatic heterocycles. The van der Waals surface area contributed by atoms with Crippen molar-refractivity contribution in [3.8, 4) is 23.0 Å². The van der Waals surface area contributed by atoms with Gasteiger partial charge in [0.2, 0.25) is 0 Å². The van der Waals surface area contributed by atoms with Gasteiger partial charge in [0.1, 0.15) is 23.0 Å². The van der Waals surface area contributed by atoms with Crippen molar-refractivity contribution >= 4 is 0 Å². The summed E-state index contributed by atoms with van der Waals surface area (Å²) < 4.78 is 21.5. The Hall–Kier alpha value is -2.44. The zero-order chi connectivity index (χ0) is 18.6. The Morgan fingerprint density at radius 3 is 1.16 bits per heavy atom. The lowest BCUT2D eigenvalue weighted by molar-refractivity contribution is 0.379. The Bertz CT molecular complexity index is 631. The molecule has 0 aromatic heterocycles. The Morgan fingerprint density at radius 2 is 0.960 bits per heavy atom. The van der Waals surface area contributed by atoms with E-state index in [4.69, 9.17) is 30.4 Å². The molecule has 0 amide bonds. The predicted molar refractivity (Wildman–Crippen MR) is 97.7 cm³/mol. The van der Waals surface area contributed by atoms with E-state index >= 15 is 0 Å². The van der Waals surface area contributed by atoms with Crippen LogP contribution < -0.4 is 30.4 Å². The average molecular weight is 346 g/mol. The molecule has 1 atom stereocenters. The molecule has 6 heteroatoms. The summed E-state index contributed by atoms with van der Waals surface area (Å²) in [5.41, 5.74) is 13.7. The summed E-state index contributed by atoms with van der Waals surface area (Å²) >= 11 is 0. The van der Waals surface area contributed by atoms with Crippen LogP contribution >= 0.6 is 0 Å². The molecule has 2 rings (SSSR count). The Morgan fingerprint density at radius 1 is 0.680 bits per heavy atom. The maximum absolute atomic E-state index is 6.83. The van der Waals surface area contributed by atoms with Crippen molar-refractivity contribution in [1.82, 2.24) is 0 Å². The predicted octanol–water partition coefficient (Wildman–Crippen LogP) is 2.27. The summed E-state index contributed by atoms with van der Waals surface area (Å²) in [7, 11) is 6.38. The molecule has 0 saturated carbocycles. The van der Waals surface area contributed by atoms with Gasteiger partial charge in [-0.3, -0.25) is 0 Å². The highest BCUT2D eigenvalue weighted by atomic mass is 16.5. The van der Waals surface area contributed by atoms with E-state index < -0.39 is 11.6 Å². The second-order valence-electron chi connectivity index (χ2n) is 5.86. The zero-order valence-electron chi connectivity index (χ0n) is 15.3. The van der Waals surface area contributed by atoms with Crippen molar-refractivity contribution in [2.45, 2.75) is 18.5 Å². The van der Waals surface area contributed by atoms with Gasteiger partial charge < -0.3 is 30.4 Å². The SMILES string of the molecule is COc1cc(OC)cc(C(N)(c2cc(OC)cc(OC)c2)C(C)N)c1. The van der Waals surface area contributed by atoms with Gasteiger partial charge in [0.15, 0.2) is 0 Å². The maximum atomic E-state index is 6.83. The molecular weight excluding hydrogens is 320 g/mol. The second kappa shape index (κ2) is 7.63. The summed E-state index contributed by atoms with van der Waals surface area (Å²) in [4.78, 5) is 0. The van der Waals surface area contributed by atoms with Gasteiger partial charge in [0, 0.05) is 18.2 Å². The van der Waals surface area contributed by atoms with Crippen LogP contribution in [0.4, 0.5) is 0 Å². The summed E-state index contributed by atoms with van der Waals surface area (Å²) in [5.74, 6) is 2.55. The molecular formula is C19H26N2O4. The van der Waals surface area contributed by atoms with Gasteiger partial charge in [-0.15, -0.1) is 0 Å². The number of methoxy groups -OCH3 is 4. The molecule has 0 heterocycles. The van der Waals surface area contributed by atoms with E-state index in [2.05, 4.69) is 0 Å². The van der Waals surface area contributed by atoms with E-state index in [1.54, 1.807) is 40.6 Å². The Labute approximate surface area is 148 Å². The third kappa shape index (κ3) is 3.65. The van der Waals surface area contributed by atoms with Crippen LogP contribution in [0.25, 0.3) is 0 Å². The highest BCUT2D eigenvalue weighted by Gasteiger charge is 2.35. The van der Waals surface area contributed by atoms with Crippen molar-refractivity contribution in [2.24, 2.45) is 11.5 Å². The maximum Gasteiger partial charge on any atom is 0.122 e. The lowest BCUT2D eigenvalue weighted by Gasteiger charge is -2.35. The van der Waals surface area contributed by atoms with Crippen LogP contribution in [-0.2, 0) is 5.54 Å². The fourth-order valence-electron chi connectivity index (χ4n) is 2.78. The smallest absolute Gasteiger partial charge is 0.122 e. The summed E-state index contributed by atoms with van der Waals surface area (Å²) in [6.07, 6.45) is 0. The molecule has 2 aromatic carbocycles. The summed E-state index contributed by atoms with van der Waals surface area (Å²) in [5, 5.41) is 0. The van der Waals surface area contributed by atoms with Crippen LogP contribution in [0.5, 0.6) is 23.0 Å². The largest absolute Gasteiger partial charge is 0.497 e. The lowest BCUT2D eigenvalue weighted by atomic mass is 9.78. The van der Waals surface area contributed by atoms with E-state index in [-0.39, 0.29) is 0 Å². The monoisotopic (exact) mass is 346 g/mol. The van der Waals surface area contributed by atoms with Gasteiger partial charge in [-0.1, -0.05) is 0 Å². The minimum Gasteiger partial charge on any atom is -0.497 e. The van der Waals surface area contributed by atoms with E-state index in [1.165, 1.54) is 0 Å². The molecule has 4 N–H and O–H groups in total. The average Bonchev–Trinajstić information content (AvgIpc) is 2.65. The van der Waals surface area contributed by atoms with Gasteiger partial charge in [-0.05, 0) is 42.3 Å². The normalized spacial score (nSPS) is 12.4. The number of rotatable bonds is 7. The number of benzene rings is 2. The second-order valence-corrected chi connectivity index (χ2v) is 5.86. The van der Waals surface area contributed by atoms with Gasteiger partial charge in [-0.25, -0.2) is 0 Å². The van der Waals surface area contributed by atoms with Crippen LogP contribution in [0, 0.1) is 0 Å². The molecule has 136 valence electrons. The molecule has 6 nitrogen and oxygen atoms in total. The van der Waals surface area contributed by atoms with E-state index in [0.29, 0.717) is 23.0 Å². The molecule has 0 spiro atoms. The van der Waals surface area contributed by atoms with E-state index in [0.717, 1.165) is 11.1 Å². The van der Waals surface area contributed by atoms with Crippen LogP contribution in [0.2, 0.25) is 0 Å². The lowest BCUT2D eigenvalue weighted by Crippen LogP contribution is -2.51. The van der Waals surface area contributed by atoms with Crippen molar-refractivity contribution in [3.63, 3.8) is 0 Å². The first-order valence-corrected chi connectivity index (χ1v) is 7.90. The highest BCUT2D eigenvalue weighted by Crippen LogP contribution is 2.37. The fraction of sp³-hybridized carbons (Fsp3) is 0.368. The first kappa shape index (κ1) is 18.9. The van der Waals surface area contributed by atoms with Crippen LogP contribution in [0.15, 0.2) is 36.4 Å². The third-order valence-corrected chi connectivity index (χ3v) is 4.38. The number of ether oxygens (including phenoxy) is 4. The van der Waals surface area contributed by atoms with Gasteiger partial charge >= 0.3 is 0 Å².